The normalized spacial score (nSPS) is 10.6. The molecule has 0 radical (unpaired) electrons. The zero-order chi connectivity index (χ0) is 15.4. The van der Waals surface area contributed by atoms with Gasteiger partial charge in [0, 0.05) is 17.6 Å². The molecule has 2 rings (SSSR count). The zero-order valence-electron chi connectivity index (χ0n) is 11.6. The van der Waals surface area contributed by atoms with Crippen LogP contribution in [0, 0.1) is 6.92 Å². The van der Waals surface area contributed by atoms with Crippen molar-refractivity contribution in [1.29, 1.82) is 0 Å². The van der Waals surface area contributed by atoms with Crippen LogP contribution in [0.2, 0.25) is 5.02 Å². The number of rotatable bonds is 5. The van der Waals surface area contributed by atoms with Crippen LogP contribution < -0.4 is 5.56 Å². The van der Waals surface area contributed by atoms with E-state index in [-0.39, 0.29) is 10.6 Å². The second kappa shape index (κ2) is 6.92. The van der Waals surface area contributed by atoms with Gasteiger partial charge in [0.05, 0.1) is 16.3 Å². The van der Waals surface area contributed by atoms with E-state index in [1.807, 2.05) is 31.2 Å². The SMILES string of the molecule is Cc1ccccc1-n1cc(C=O)c(Cl)c(CCCCl)c1=O. The maximum absolute atomic E-state index is 12.6. The number of aldehydes is 1. The monoisotopic (exact) mass is 323 g/mol. The van der Waals surface area contributed by atoms with E-state index in [1.54, 1.807) is 0 Å². The number of carbonyl (C=O) groups is 1. The molecule has 1 aromatic carbocycles. The smallest absolute Gasteiger partial charge is 0.259 e. The Morgan fingerprint density at radius 1 is 1.29 bits per heavy atom. The first-order valence-corrected chi connectivity index (χ1v) is 7.52. The fourth-order valence-electron chi connectivity index (χ4n) is 2.22. The van der Waals surface area contributed by atoms with Crippen molar-refractivity contribution in [2.45, 2.75) is 19.8 Å². The Hall–Kier alpha value is -1.58. The van der Waals surface area contributed by atoms with Gasteiger partial charge in [-0.05, 0) is 31.4 Å². The van der Waals surface area contributed by atoms with Gasteiger partial charge in [0.15, 0.2) is 6.29 Å². The molecule has 21 heavy (non-hydrogen) atoms. The fraction of sp³-hybridized carbons (Fsp3) is 0.250. The maximum Gasteiger partial charge on any atom is 0.259 e. The Labute approximate surface area is 133 Å². The molecule has 0 spiro atoms. The minimum Gasteiger partial charge on any atom is -0.298 e. The predicted molar refractivity (Wildman–Crippen MR) is 86.2 cm³/mol. The molecule has 2 aromatic rings. The molecular weight excluding hydrogens is 309 g/mol. The van der Waals surface area contributed by atoms with Crippen molar-refractivity contribution in [2.24, 2.45) is 0 Å². The topological polar surface area (TPSA) is 39.1 Å². The Balaban J connectivity index is 2.70. The minimum atomic E-state index is -0.204. The summed E-state index contributed by atoms with van der Waals surface area (Å²) in [5.41, 5.74) is 2.23. The van der Waals surface area contributed by atoms with Gasteiger partial charge in [0.1, 0.15) is 0 Å². The van der Waals surface area contributed by atoms with E-state index < -0.39 is 0 Å². The van der Waals surface area contributed by atoms with Crippen molar-refractivity contribution in [3.63, 3.8) is 0 Å². The second-order valence-electron chi connectivity index (χ2n) is 4.75. The van der Waals surface area contributed by atoms with Crippen molar-refractivity contribution in [2.75, 3.05) is 5.88 Å². The van der Waals surface area contributed by atoms with Crippen LogP contribution in [0.5, 0.6) is 0 Å². The molecule has 0 aliphatic heterocycles. The third kappa shape index (κ3) is 3.20. The van der Waals surface area contributed by atoms with Gasteiger partial charge in [-0.15, -0.1) is 11.6 Å². The average molecular weight is 324 g/mol. The van der Waals surface area contributed by atoms with Crippen LogP contribution in [0.4, 0.5) is 0 Å². The van der Waals surface area contributed by atoms with Crippen molar-refractivity contribution in [3.05, 3.63) is 62.5 Å². The predicted octanol–water partition coefficient (Wildman–Crippen LogP) is 3.78. The van der Waals surface area contributed by atoms with Crippen LogP contribution in [0.1, 0.15) is 27.9 Å². The summed E-state index contributed by atoms with van der Waals surface area (Å²) in [5, 5.41) is 0.227. The van der Waals surface area contributed by atoms with Crippen LogP contribution in [0.25, 0.3) is 5.69 Å². The van der Waals surface area contributed by atoms with Gasteiger partial charge in [-0.2, -0.15) is 0 Å². The van der Waals surface area contributed by atoms with Gasteiger partial charge in [-0.3, -0.25) is 14.2 Å². The van der Waals surface area contributed by atoms with Crippen molar-refractivity contribution in [1.82, 2.24) is 4.57 Å². The Morgan fingerprint density at radius 2 is 2.00 bits per heavy atom. The zero-order valence-corrected chi connectivity index (χ0v) is 13.1. The number of aromatic nitrogens is 1. The Morgan fingerprint density at radius 3 is 2.62 bits per heavy atom. The molecule has 110 valence electrons. The average Bonchev–Trinajstić information content (AvgIpc) is 2.48. The Bertz CT molecular complexity index is 723. The fourth-order valence-corrected chi connectivity index (χ4v) is 2.63. The van der Waals surface area contributed by atoms with Gasteiger partial charge in [0.25, 0.3) is 5.56 Å². The molecule has 0 unspecified atom stereocenters. The van der Waals surface area contributed by atoms with Gasteiger partial charge >= 0.3 is 0 Å². The molecule has 1 heterocycles. The molecule has 3 nitrogen and oxygen atoms in total. The first kappa shape index (κ1) is 15.8. The molecular formula is C16H15Cl2NO2. The van der Waals surface area contributed by atoms with Crippen molar-refractivity contribution < 1.29 is 4.79 Å². The van der Waals surface area contributed by atoms with E-state index in [0.29, 0.717) is 36.1 Å². The first-order chi connectivity index (χ1) is 10.1. The number of para-hydroxylation sites is 1. The van der Waals surface area contributed by atoms with Crippen LogP contribution in [0.3, 0.4) is 0 Å². The van der Waals surface area contributed by atoms with E-state index in [1.165, 1.54) is 10.8 Å². The lowest BCUT2D eigenvalue weighted by Crippen LogP contribution is -2.24. The number of carbonyl (C=O) groups excluding carboxylic acids is 1. The number of benzene rings is 1. The molecule has 1 aromatic heterocycles. The quantitative estimate of drug-likeness (QED) is 0.620. The highest BCUT2D eigenvalue weighted by Gasteiger charge is 2.15. The largest absolute Gasteiger partial charge is 0.298 e. The van der Waals surface area contributed by atoms with Crippen LogP contribution in [-0.4, -0.2) is 16.7 Å². The number of hydrogen-bond donors (Lipinski definition) is 0. The van der Waals surface area contributed by atoms with E-state index in [0.717, 1.165) is 11.3 Å². The van der Waals surface area contributed by atoms with E-state index in [4.69, 9.17) is 23.2 Å². The highest BCUT2D eigenvalue weighted by molar-refractivity contribution is 6.33. The highest BCUT2D eigenvalue weighted by atomic mass is 35.5. The maximum atomic E-state index is 12.6. The summed E-state index contributed by atoms with van der Waals surface area (Å²) in [6, 6.07) is 7.50. The molecule has 0 saturated carbocycles. The van der Waals surface area contributed by atoms with Crippen LogP contribution >= 0.6 is 23.2 Å². The summed E-state index contributed by atoms with van der Waals surface area (Å²) in [7, 11) is 0. The summed E-state index contributed by atoms with van der Waals surface area (Å²) in [5.74, 6) is 0.436. The van der Waals surface area contributed by atoms with Crippen LogP contribution in [-0.2, 0) is 6.42 Å². The molecule has 0 saturated heterocycles. The number of halogens is 2. The third-order valence-electron chi connectivity index (χ3n) is 3.33. The van der Waals surface area contributed by atoms with Crippen molar-refractivity contribution in [3.8, 4) is 5.69 Å². The molecule has 0 atom stereocenters. The first-order valence-electron chi connectivity index (χ1n) is 6.61. The van der Waals surface area contributed by atoms with E-state index >= 15 is 0 Å². The van der Waals surface area contributed by atoms with Crippen molar-refractivity contribution >= 4 is 29.5 Å². The molecule has 0 amide bonds. The number of nitrogens with zero attached hydrogens (tertiary/aromatic N) is 1. The lowest BCUT2D eigenvalue weighted by atomic mass is 10.1. The summed E-state index contributed by atoms with van der Waals surface area (Å²) in [6.45, 7) is 1.91. The van der Waals surface area contributed by atoms with Gasteiger partial charge in [0.2, 0.25) is 0 Å². The summed E-state index contributed by atoms with van der Waals surface area (Å²) in [4.78, 5) is 23.8. The summed E-state index contributed by atoms with van der Waals surface area (Å²) >= 11 is 11.9. The van der Waals surface area contributed by atoms with E-state index in [2.05, 4.69) is 0 Å². The Kier molecular flexibility index (Phi) is 5.21. The molecule has 0 fully saturated rings. The van der Waals surface area contributed by atoms with E-state index in [9.17, 15) is 9.59 Å². The lowest BCUT2D eigenvalue weighted by Gasteiger charge is -2.13. The third-order valence-corrected chi connectivity index (χ3v) is 4.04. The molecule has 0 aliphatic rings. The lowest BCUT2D eigenvalue weighted by molar-refractivity contribution is 0.112. The number of aryl methyl sites for hydroxylation is 1. The van der Waals surface area contributed by atoms with Gasteiger partial charge < -0.3 is 0 Å². The number of alkyl halides is 1. The highest BCUT2D eigenvalue weighted by Crippen LogP contribution is 2.21. The van der Waals surface area contributed by atoms with Gasteiger partial charge in [-0.1, -0.05) is 29.8 Å². The number of pyridine rings is 1. The summed E-state index contributed by atoms with van der Waals surface area (Å²) < 4.78 is 1.48. The molecule has 5 heteroatoms. The molecule has 0 N–H and O–H groups in total. The van der Waals surface area contributed by atoms with Gasteiger partial charge in [-0.25, -0.2) is 0 Å². The molecule has 0 aliphatic carbocycles. The summed E-state index contributed by atoms with van der Waals surface area (Å²) in [6.07, 6.45) is 3.24. The van der Waals surface area contributed by atoms with Crippen LogP contribution in [0.15, 0.2) is 35.3 Å². The standard InChI is InChI=1S/C16H15Cl2NO2/c1-11-5-2-3-7-14(11)19-9-12(10-20)15(18)13(16(19)21)6-4-8-17/h2-3,5,7,9-10H,4,6,8H2,1H3. The minimum absolute atomic E-state index is 0.204. The molecule has 0 bridgehead atoms. The second-order valence-corrected chi connectivity index (χ2v) is 5.50. The number of hydrogen-bond acceptors (Lipinski definition) is 2.